The number of pyridine rings is 1. The van der Waals surface area contributed by atoms with Gasteiger partial charge < -0.3 is 11.1 Å². The predicted molar refractivity (Wildman–Crippen MR) is 103 cm³/mol. The van der Waals surface area contributed by atoms with Crippen molar-refractivity contribution in [3.63, 3.8) is 0 Å². The van der Waals surface area contributed by atoms with Crippen molar-refractivity contribution >= 4 is 40.2 Å². The van der Waals surface area contributed by atoms with E-state index in [1.165, 1.54) is 11.8 Å². The van der Waals surface area contributed by atoms with Gasteiger partial charge in [0.2, 0.25) is 0 Å². The molecule has 1 aromatic heterocycles. The van der Waals surface area contributed by atoms with Gasteiger partial charge in [0.15, 0.2) is 0 Å². The maximum atomic E-state index is 12.6. The first-order chi connectivity index (χ1) is 12.2. The van der Waals surface area contributed by atoms with Crippen LogP contribution in [-0.2, 0) is 0 Å². The summed E-state index contributed by atoms with van der Waals surface area (Å²) in [4.78, 5) is 19.0. The normalized spacial score (nSPS) is 10.8. The van der Waals surface area contributed by atoms with E-state index in [9.17, 15) is 4.79 Å². The van der Waals surface area contributed by atoms with Gasteiger partial charge in [-0.15, -0.1) is 0 Å². The number of nitrogens with one attached hydrogen (secondary N) is 1. The maximum Gasteiger partial charge on any atom is 0.271 e. The summed E-state index contributed by atoms with van der Waals surface area (Å²) in [5, 5.41) is 4.56. The van der Waals surface area contributed by atoms with Crippen LogP contribution in [0.25, 0.3) is 10.9 Å². The second-order valence-corrected chi connectivity index (χ2v) is 7.03. The van der Waals surface area contributed by atoms with Gasteiger partial charge >= 0.3 is 0 Å². The average Bonchev–Trinajstić information content (AvgIpc) is 2.63. The number of para-hydroxylation sites is 1. The zero-order chi connectivity index (χ0) is 17.6. The van der Waals surface area contributed by atoms with Gasteiger partial charge in [0, 0.05) is 26.7 Å². The van der Waals surface area contributed by atoms with E-state index in [1.54, 1.807) is 0 Å². The van der Waals surface area contributed by atoms with E-state index in [0.717, 1.165) is 27.1 Å². The van der Waals surface area contributed by atoms with Crippen LogP contribution in [0.3, 0.4) is 0 Å². The van der Waals surface area contributed by atoms with Crippen LogP contribution in [0.2, 0.25) is 5.02 Å². The second-order valence-electron chi connectivity index (χ2n) is 5.48. The summed E-state index contributed by atoms with van der Waals surface area (Å²) in [6.45, 7) is 1.08. The molecule has 0 aliphatic rings. The monoisotopic (exact) mass is 371 g/mol. The fourth-order valence-corrected chi connectivity index (χ4v) is 3.43. The van der Waals surface area contributed by atoms with E-state index in [4.69, 9.17) is 17.3 Å². The largest absolute Gasteiger partial charge is 0.351 e. The summed E-state index contributed by atoms with van der Waals surface area (Å²) in [5.41, 5.74) is 6.71. The zero-order valence-corrected chi connectivity index (χ0v) is 15.1. The zero-order valence-electron chi connectivity index (χ0n) is 13.5. The number of aromatic nitrogens is 1. The van der Waals surface area contributed by atoms with Crippen LogP contribution in [0, 0.1) is 0 Å². The Balaban J connectivity index is 1.96. The molecule has 128 valence electrons. The van der Waals surface area contributed by atoms with E-state index in [-0.39, 0.29) is 5.91 Å². The standard InChI is InChI=1S/C19H18ClN3OS/c20-14-6-8-15(9-7-14)25-17-12-13-4-1-2-5-16(13)23-18(17)19(24)22-11-3-10-21/h1-2,4-9,12H,3,10-11,21H2,(H,22,24). The lowest BCUT2D eigenvalue weighted by atomic mass is 10.2. The lowest BCUT2D eigenvalue weighted by Gasteiger charge is -2.11. The average molecular weight is 372 g/mol. The topological polar surface area (TPSA) is 68.0 Å². The SMILES string of the molecule is NCCCNC(=O)c1nc2ccccc2cc1Sc1ccc(Cl)cc1. The summed E-state index contributed by atoms with van der Waals surface area (Å²) < 4.78 is 0. The van der Waals surface area contributed by atoms with Gasteiger partial charge in [-0.25, -0.2) is 4.98 Å². The Kier molecular flexibility index (Phi) is 5.91. The van der Waals surface area contributed by atoms with E-state index in [2.05, 4.69) is 10.3 Å². The third-order valence-electron chi connectivity index (χ3n) is 3.61. The summed E-state index contributed by atoms with van der Waals surface area (Å²) in [5.74, 6) is -0.185. The molecule has 2 aromatic carbocycles. The molecule has 0 atom stereocenters. The Bertz CT molecular complexity index is 883. The highest BCUT2D eigenvalue weighted by Gasteiger charge is 2.15. The van der Waals surface area contributed by atoms with Gasteiger partial charge in [-0.3, -0.25) is 4.79 Å². The van der Waals surface area contributed by atoms with Crippen LogP contribution in [0.15, 0.2) is 64.4 Å². The molecule has 1 amide bonds. The maximum absolute atomic E-state index is 12.6. The highest BCUT2D eigenvalue weighted by atomic mass is 35.5. The number of hydrogen-bond acceptors (Lipinski definition) is 4. The molecule has 0 spiro atoms. The molecule has 0 unspecified atom stereocenters. The van der Waals surface area contributed by atoms with Crippen molar-refractivity contribution in [3.05, 3.63) is 65.3 Å². The van der Waals surface area contributed by atoms with Gasteiger partial charge in [0.25, 0.3) is 5.91 Å². The molecule has 0 saturated carbocycles. The Hall–Kier alpha value is -2.08. The second kappa shape index (κ2) is 8.34. The lowest BCUT2D eigenvalue weighted by molar-refractivity contribution is 0.0945. The van der Waals surface area contributed by atoms with Crippen molar-refractivity contribution in [2.75, 3.05) is 13.1 Å². The van der Waals surface area contributed by atoms with Gasteiger partial charge in [-0.05, 0) is 49.4 Å². The molecule has 0 aliphatic carbocycles. The number of nitrogens with zero attached hydrogens (tertiary/aromatic N) is 1. The van der Waals surface area contributed by atoms with Crippen molar-refractivity contribution in [2.45, 2.75) is 16.2 Å². The van der Waals surface area contributed by atoms with Crippen LogP contribution in [0.1, 0.15) is 16.9 Å². The van der Waals surface area contributed by atoms with Crippen molar-refractivity contribution < 1.29 is 4.79 Å². The number of amides is 1. The van der Waals surface area contributed by atoms with Gasteiger partial charge in [-0.2, -0.15) is 0 Å². The molecule has 0 saturated heterocycles. The van der Waals surface area contributed by atoms with Gasteiger partial charge in [0.05, 0.1) is 5.52 Å². The van der Waals surface area contributed by atoms with E-state index in [1.807, 2.05) is 54.6 Å². The quantitative estimate of drug-likeness (QED) is 0.639. The summed E-state index contributed by atoms with van der Waals surface area (Å²) >= 11 is 7.45. The van der Waals surface area contributed by atoms with Crippen LogP contribution in [0.5, 0.6) is 0 Å². The molecule has 0 fully saturated rings. The third kappa shape index (κ3) is 4.51. The molecule has 3 N–H and O–H groups in total. The number of rotatable bonds is 6. The van der Waals surface area contributed by atoms with E-state index >= 15 is 0 Å². The van der Waals surface area contributed by atoms with Crippen molar-refractivity contribution in [1.29, 1.82) is 0 Å². The minimum Gasteiger partial charge on any atom is -0.351 e. The van der Waals surface area contributed by atoms with Crippen LogP contribution in [0.4, 0.5) is 0 Å². The van der Waals surface area contributed by atoms with Crippen LogP contribution >= 0.6 is 23.4 Å². The summed E-state index contributed by atoms with van der Waals surface area (Å²) in [6, 6.07) is 17.3. The number of halogens is 1. The van der Waals surface area contributed by atoms with Crippen molar-refractivity contribution in [2.24, 2.45) is 5.73 Å². The van der Waals surface area contributed by atoms with Crippen LogP contribution < -0.4 is 11.1 Å². The summed E-state index contributed by atoms with van der Waals surface area (Å²) in [7, 11) is 0. The smallest absolute Gasteiger partial charge is 0.271 e. The number of benzene rings is 2. The van der Waals surface area contributed by atoms with Crippen molar-refractivity contribution in [3.8, 4) is 0 Å². The molecular weight excluding hydrogens is 354 g/mol. The number of nitrogens with two attached hydrogens (primary N) is 1. The first kappa shape index (κ1) is 17.7. The van der Waals surface area contributed by atoms with Crippen molar-refractivity contribution in [1.82, 2.24) is 10.3 Å². The molecule has 4 nitrogen and oxygen atoms in total. The first-order valence-electron chi connectivity index (χ1n) is 7.99. The fraction of sp³-hybridized carbons (Fsp3) is 0.158. The minimum atomic E-state index is -0.185. The Morgan fingerprint density at radius 1 is 1.16 bits per heavy atom. The molecule has 3 rings (SSSR count). The predicted octanol–water partition coefficient (Wildman–Crippen LogP) is 4.12. The molecule has 1 heterocycles. The molecule has 3 aromatic rings. The molecule has 0 radical (unpaired) electrons. The number of hydrogen-bond donors (Lipinski definition) is 2. The van der Waals surface area contributed by atoms with Gasteiger partial charge in [-0.1, -0.05) is 41.6 Å². The fourth-order valence-electron chi connectivity index (χ4n) is 2.35. The minimum absolute atomic E-state index is 0.185. The highest BCUT2D eigenvalue weighted by molar-refractivity contribution is 7.99. The van der Waals surface area contributed by atoms with E-state index in [0.29, 0.717) is 23.8 Å². The molecule has 0 aliphatic heterocycles. The Morgan fingerprint density at radius 2 is 1.92 bits per heavy atom. The third-order valence-corrected chi connectivity index (χ3v) is 4.90. The Labute approximate surface area is 155 Å². The first-order valence-corrected chi connectivity index (χ1v) is 9.18. The van der Waals surface area contributed by atoms with Crippen LogP contribution in [-0.4, -0.2) is 24.0 Å². The molecule has 0 bridgehead atoms. The molecular formula is C19H18ClN3OS. The highest BCUT2D eigenvalue weighted by Crippen LogP contribution is 2.32. The van der Waals surface area contributed by atoms with E-state index < -0.39 is 0 Å². The van der Waals surface area contributed by atoms with Gasteiger partial charge in [0.1, 0.15) is 5.69 Å². The molecule has 25 heavy (non-hydrogen) atoms. The number of carbonyl (C=O) groups is 1. The molecule has 6 heteroatoms. The number of carbonyl (C=O) groups excluding carboxylic acids is 1. The summed E-state index contributed by atoms with van der Waals surface area (Å²) in [6.07, 6.45) is 0.735. The number of fused-ring (bicyclic) bond motifs is 1. The lowest BCUT2D eigenvalue weighted by Crippen LogP contribution is -2.27. The Morgan fingerprint density at radius 3 is 2.68 bits per heavy atom.